The molecule has 18 heavy (non-hydrogen) atoms. The minimum atomic E-state index is -0.138. The van der Waals surface area contributed by atoms with Gasteiger partial charge in [0.15, 0.2) is 0 Å². The van der Waals surface area contributed by atoms with Crippen molar-refractivity contribution in [1.29, 1.82) is 0 Å². The van der Waals surface area contributed by atoms with Gasteiger partial charge in [0.05, 0.1) is 0 Å². The number of carbonyl (C=O) groups is 1. The van der Waals surface area contributed by atoms with Gasteiger partial charge in [-0.25, -0.2) is 0 Å². The van der Waals surface area contributed by atoms with Crippen LogP contribution in [0.1, 0.15) is 49.5 Å². The number of carbonyl (C=O) groups excluding carboxylic acids is 1. The molecule has 0 radical (unpaired) electrons. The van der Waals surface area contributed by atoms with Crippen LogP contribution in [-0.4, -0.2) is 16.8 Å². The van der Waals surface area contributed by atoms with E-state index in [4.69, 9.17) is 0 Å². The predicted octanol–water partition coefficient (Wildman–Crippen LogP) is 3.93. The summed E-state index contributed by atoms with van der Waals surface area (Å²) in [5, 5.41) is 3.93. The topological polar surface area (TPSA) is 29.1 Å². The molecule has 0 aromatic heterocycles. The Balaban J connectivity index is 2.80. The van der Waals surface area contributed by atoms with Crippen LogP contribution in [0.3, 0.4) is 0 Å². The van der Waals surface area contributed by atoms with E-state index in [0.717, 1.165) is 30.2 Å². The molecule has 100 valence electrons. The summed E-state index contributed by atoms with van der Waals surface area (Å²) >= 11 is 3.50. The Morgan fingerprint density at radius 1 is 1.17 bits per heavy atom. The molecule has 0 aliphatic rings. The van der Waals surface area contributed by atoms with Crippen LogP contribution in [0.2, 0.25) is 0 Å². The number of nitrogens with one attached hydrogen (secondary N) is 1. The largest absolute Gasteiger partial charge is 0.346 e. The average molecular weight is 312 g/mol. The summed E-state index contributed by atoms with van der Waals surface area (Å²) in [4.78, 5) is 12.2. The lowest BCUT2D eigenvalue weighted by Crippen LogP contribution is -2.49. The van der Waals surface area contributed by atoms with E-state index in [-0.39, 0.29) is 11.4 Å². The molecule has 0 aliphatic heterocycles. The zero-order chi connectivity index (χ0) is 13.6. The maximum atomic E-state index is 12.2. The Labute approximate surface area is 118 Å². The molecule has 3 heteroatoms. The van der Waals surface area contributed by atoms with Crippen LogP contribution in [0.15, 0.2) is 24.3 Å². The van der Waals surface area contributed by atoms with E-state index in [1.165, 1.54) is 5.56 Å². The molecule has 2 nitrogen and oxygen atoms in total. The summed E-state index contributed by atoms with van der Waals surface area (Å²) in [5.41, 5.74) is 1.85. The van der Waals surface area contributed by atoms with Gasteiger partial charge in [0.25, 0.3) is 5.91 Å². The maximum Gasteiger partial charge on any atom is 0.251 e. The monoisotopic (exact) mass is 311 g/mol. The second-order valence-corrected chi connectivity index (χ2v) is 5.19. The summed E-state index contributed by atoms with van der Waals surface area (Å²) in [6.07, 6.45) is 2.85. The quantitative estimate of drug-likeness (QED) is 0.792. The fourth-order valence-electron chi connectivity index (χ4n) is 1.85. The Morgan fingerprint density at radius 2 is 1.72 bits per heavy atom. The highest BCUT2D eigenvalue weighted by molar-refractivity contribution is 9.09. The van der Waals surface area contributed by atoms with Gasteiger partial charge in [0, 0.05) is 16.4 Å². The predicted molar refractivity (Wildman–Crippen MR) is 80.4 cm³/mol. The normalized spacial score (nSPS) is 11.3. The van der Waals surface area contributed by atoms with Crippen LogP contribution in [0, 0.1) is 0 Å². The van der Waals surface area contributed by atoms with Crippen molar-refractivity contribution in [2.45, 2.75) is 45.6 Å². The number of halogens is 1. The van der Waals surface area contributed by atoms with Gasteiger partial charge in [-0.1, -0.05) is 48.8 Å². The van der Waals surface area contributed by atoms with Gasteiger partial charge in [-0.15, -0.1) is 0 Å². The molecule has 0 fully saturated rings. The Bertz CT molecular complexity index is 374. The molecule has 0 spiro atoms. The lowest BCUT2D eigenvalue weighted by Gasteiger charge is -2.30. The number of hydrogen-bond acceptors (Lipinski definition) is 1. The molecule has 1 aromatic carbocycles. The smallest absolute Gasteiger partial charge is 0.251 e. The fraction of sp³-hybridized carbons (Fsp3) is 0.533. The molecule has 0 aliphatic carbocycles. The Morgan fingerprint density at radius 3 is 2.11 bits per heavy atom. The van der Waals surface area contributed by atoms with Gasteiger partial charge >= 0.3 is 0 Å². The third-order valence-electron chi connectivity index (χ3n) is 3.61. The van der Waals surface area contributed by atoms with Crippen LogP contribution in [0.4, 0.5) is 0 Å². The van der Waals surface area contributed by atoms with Gasteiger partial charge < -0.3 is 5.32 Å². The second-order valence-electron chi connectivity index (χ2n) is 4.63. The molecule has 1 rings (SSSR count). The van der Waals surface area contributed by atoms with E-state index in [9.17, 15) is 4.79 Å². The SMILES string of the molecule is CCc1ccc(C(=O)NC(CC)(CC)CBr)cc1. The second kappa shape index (κ2) is 6.93. The van der Waals surface area contributed by atoms with Crippen molar-refractivity contribution < 1.29 is 4.79 Å². The molecule has 0 saturated carbocycles. The Kier molecular flexibility index (Phi) is 5.86. The minimum Gasteiger partial charge on any atom is -0.346 e. The molecule has 0 saturated heterocycles. The Hall–Kier alpha value is -0.830. The van der Waals surface area contributed by atoms with E-state index >= 15 is 0 Å². The van der Waals surface area contributed by atoms with Gasteiger partial charge in [-0.3, -0.25) is 4.79 Å². The summed E-state index contributed by atoms with van der Waals surface area (Å²) in [6.45, 7) is 6.32. The summed E-state index contributed by atoms with van der Waals surface area (Å²) in [5.74, 6) is 0.0146. The first kappa shape index (κ1) is 15.2. The van der Waals surface area contributed by atoms with E-state index < -0.39 is 0 Å². The highest BCUT2D eigenvalue weighted by Crippen LogP contribution is 2.19. The molecule has 1 N–H and O–H groups in total. The van der Waals surface area contributed by atoms with Gasteiger partial charge in [0.1, 0.15) is 0 Å². The van der Waals surface area contributed by atoms with Gasteiger partial charge in [-0.05, 0) is 37.0 Å². The first-order chi connectivity index (χ1) is 8.60. The number of aryl methyl sites for hydroxylation is 1. The van der Waals surface area contributed by atoms with Crippen molar-refractivity contribution in [3.63, 3.8) is 0 Å². The van der Waals surface area contributed by atoms with Crippen molar-refractivity contribution in [3.05, 3.63) is 35.4 Å². The molecule has 0 unspecified atom stereocenters. The van der Waals surface area contributed by atoms with Crippen LogP contribution >= 0.6 is 15.9 Å². The van der Waals surface area contributed by atoms with Crippen LogP contribution < -0.4 is 5.32 Å². The van der Waals surface area contributed by atoms with E-state index in [1.807, 2.05) is 24.3 Å². The summed E-state index contributed by atoms with van der Waals surface area (Å²) in [6, 6.07) is 7.84. The summed E-state index contributed by atoms with van der Waals surface area (Å²) < 4.78 is 0. The molecule has 0 heterocycles. The molecule has 1 amide bonds. The maximum absolute atomic E-state index is 12.2. The highest BCUT2D eigenvalue weighted by Gasteiger charge is 2.26. The number of amides is 1. The van der Waals surface area contributed by atoms with Crippen molar-refractivity contribution in [3.8, 4) is 0 Å². The van der Waals surface area contributed by atoms with E-state index in [2.05, 4.69) is 42.0 Å². The van der Waals surface area contributed by atoms with E-state index in [0.29, 0.717) is 0 Å². The minimum absolute atomic E-state index is 0.0146. The molecule has 0 bridgehead atoms. The van der Waals surface area contributed by atoms with Crippen LogP contribution in [0.25, 0.3) is 0 Å². The van der Waals surface area contributed by atoms with Crippen molar-refractivity contribution >= 4 is 21.8 Å². The standard InChI is InChI=1S/C15H22BrNO/c1-4-12-7-9-13(10-8-12)14(18)17-15(5-2,6-3)11-16/h7-10H,4-6,11H2,1-3H3,(H,17,18). The third-order valence-corrected chi connectivity index (χ3v) is 4.69. The third kappa shape index (κ3) is 3.58. The van der Waals surface area contributed by atoms with Crippen molar-refractivity contribution in [2.24, 2.45) is 0 Å². The molecular formula is C15H22BrNO. The average Bonchev–Trinajstić information content (AvgIpc) is 2.45. The lowest BCUT2D eigenvalue weighted by molar-refractivity contribution is 0.0903. The highest BCUT2D eigenvalue weighted by atomic mass is 79.9. The van der Waals surface area contributed by atoms with Crippen LogP contribution in [-0.2, 0) is 6.42 Å². The number of hydrogen-bond donors (Lipinski definition) is 1. The van der Waals surface area contributed by atoms with Crippen LogP contribution in [0.5, 0.6) is 0 Å². The van der Waals surface area contributed by atoms with Crippen molar-refractivity contribution in [2.75, 3.05) is 5.33 Å². The van der Waals surface area contributed by atoms with E-state index in [1.54, 1.807) is 0 Å². The number of benzene rings is 1. The number of alkyl halides is 1. The molecule has 0 atom stereocenters. The van der Waals surface area contributed by atoms with Gasteiger partial charge in [0.2, 0.25) is 0 Å². The zero-order valence-electron chi connectivity index (χ0n) is 11.4. The number of rotatable bonds is 6. The van der Waals surface area contributed by atoms with Gasteiger partial charge in [-0.2, -0.15) is 0 Å². The first-order valence-corrected chi connectivity index (χ1v) is 7.70. The zero-order valence-corrected chi connectivity index (χ0v) is 13.0. The molecule has 1 aromatic rings. The summed E-state index contributed by atoms with van der Waals surface area (Å²) in [7, 11) is 0. The molecular weight excluding hydrogens is 290 g/mol. The fourth-order valence-corrected chi connectivity index (χ4v) is 2.79. The van der Waals surface area contributed by atoms with Crippen molar-refractivity contribution in [1.82, 2.24) is 5.32 Å². The lowest BCUT2D eigenvalue weighted by atomic mass is 9.95. The first-order valence-electron chi connectivity index (χ1n) is 6.58.